The Bertz CT molecular complexity index is 417. The Morgan fingerprint density at radius 1 is 1.33 bits per heavy atom. The molecule has 1 aliphatic rings. The Morgan fingerprint density at radius 2 is 2.17 bits per heavy atom. The van der Waals surface area contributed by atoms with Gasteiger partial charge in [0.25, 0.3) is 0 Å². The fraction of sp³-hybridized carbons (Fsp3) is 0.467. The molecular formula is C15H20FNS. The molecule has 18 heavy (non-hydrogen) atoms. The van der Waals surface area contributed by atoms with Crippen LogP contribution in [-0.2, 0) is 0 Å². The van der Waals surface area contributed by atoms with Gasteiger partial charge < -0.3 is 5.32 Å². The SMILES string of the molecule is CNC(CSc1ccccc1F)C1=CCCCC1. The summed E-state index contributed by atoms with van der Waals surface area (Å²) in [6.07, 6.45) is 7.32. The summed E-state index contributed by atoms with van der Waals surface area (Å²) in [7, 11) is 1.99. The Hall–Kier alpha value is -0.800. The van der Waals surface area contributed by atoms with Crippen LogP contribution in [0.3, 0.4) is 0 Å². The summed E-state index contributed by atoms with van der Waals surface area (Å²) in [5, 5.41) is 3.35. The van der Waals surface area contributed by atoms with Gasteiger partial charge in [0.2, 0.25) is 0 Å². The van der Waals surface area contributed by atoms with Gasteiger partial charge in [-0.15, -0.1) is 11.8 Å². The second kappa shape index (κ2) is 6.95. The van der Waals surface area contributed by atoms with Crippen molar-refractivity contribution >= 4 is 11.8 Å². The first-order valence-corrected chi connectivity index (χ1v) is 7.53. The number of nitrogens with one attached hydrogen (secondary N) is 1. The molecule has 0 saturated carbocycles. The molecule has 1 aromatic carbocycles. The van der Waals surface area contributed by atoms with Gasteiger partial charge in [-0.2, -0.15) is 0 Å². The summed E-state index contributed by atoms with van der Waals surface area (Å²) in [6.45, 7) is 0. The van der Waals surface area contributed by atoms with E-state index in [0.717, 1.165) is 10.6 Å². The van der Waals surface area contributed by atoms with Crippen LogP contribution < -0.4 is 5.32 Å². The van der Waals surface area contributed by atoms with Crippen LogP contribution in [0.25, 0.3) is 0 Å². The number of likely N-dealkylation sites (N-methyl/N-ethyl adjacent to an activating group) is 1. The van der Waals surface area contributed by atoms with E-state index in [2.05, 4.69) is 11.4 Å². The molecule has 0 fully saturated rings. The minimum Gasteiger partial charge on any atom is -0.313 e. The van der Waals surface area contributed by atoms with Crippen LogP contribution in [0.1, 0.15) is 25.7 Å². The Kier molecular flexibility index (Phi) is 5.26. The van der Waals surface area contributed by atoms with E-state index in [4.69, 9.17) is 0 Å². The second-order valence-corrected chi connectivity index (χ2v) is 5.67. The third-order valence-corrected chi connectivity index (χ3v) is 4.51. The number of hydrogen-bond donors (Lipinski definition) is 1. The Morgan fingerprint density at radius 3 is 2.83 bits per heavy atom. The number of halogens is 1. The molecule has 1 unspecified atom stereocenters. The molecule has 0 amide bonds. The van der Waals surface area contributed by atoms with E-state index in [1.807, 2.05) is 19.2 Å². The van der Waals surface area contributed by atoms with E-state index in [1.54, 1.807) is 17.8 Å². The fourth-order valence-corrected chi connectivity index (χ4v) is 3.40. The number of allylic oxidation sites excluding steroid dienone is 1. The predicted octanol–water partition coefficient (Wildman–Crippen LogP) is 4.01. The minimum absolute atomic E-state index is 0.116. The fourth-order valence-electron chi connectivity index (χ4n) is 2.29. The van der Waals surface area contributed by atoms with Crippen molar-refractivity contribution in [1.82, 2.24) is 5.32 Å². The monoisotopic (exact) mass is 265 g/mol. The molecule has 1 atom stereocenters. The largest absolute Gasteiger partial charge is 0.313 e. The number of rotatable bonds is 5. The van der Waals surface area contributed by atoms with E-state index < -0.39 is 0 Å². The second-order valence-electron chi connectivity index (χ2n) is 4.61. The van der Waals surface area contributed by atoms with E-state index in [1.165, 1.54) is 37.3 Å². The molecule has 98 valence electrons. The average Bonchev–Trinajstić information content (AvgIpc) is 2.42. The van der Waals surface area contributed by atoms with E-state index >= 15 is 0 Å². The molecule has 0 radical (unpaired) electrons. The minimum atomic E-state index is -0.116. The lowest BCUT2D eigenvalue weighted by atomic mass is 9.95. The number of benzene rings is 1. The molecule has 0 heterocycles. The van der Waals surface area contributed by atoms with E-state index in [-0.39, 0.29) is 5.82 Å². The summed E-state index contributed by atoms with van der Waals surface area (Å²) in [5.41, 5.74) is 1.49. The molecule has 0 bridgehead atoms. The molecule has 1 aromatic rings. The molecule has 2 rings (SSSR count). The van der Waals surface area contributed by atoms with Crippen molar-refractivity contribution in [3.8, 4) is 0 Å². The van der Waals surface area contributed by atoms with Crippen molar-refractivity contribution in [2.24, 2.45) is 0 Å². The first-order valence-electron chi connectivity index (χ1n) is 6.55. The zero-order valence-corrected chi connectivity index (χ0v) is 11.6. The average molecular weight is 265 g/mol. The van der Waals surface area contributed by atoms with Crippen molar-refractivity contribution < 1.29 is 4.39 Å². The maximum absolute atomic E-state index is 13.5. The zero-order chi connectivity index (χ0) is 12.8. The third-order valence-electron chi connectivity index (χ3n) is 3.36. The standard InChI is InChI=1S/C15H20FNS/c1-17-14(12-7-3-2-4-8-12)11-18-15-10-6-5-9-13(15)16/h5-7,9-10,14,17H,2-4,8,11H2,1H3. The first kappa shape index (κ1) is 13.6. The molecular weight excluding hydrogens is 245 g/mol. The van der Waals surface area contributed by atoms with Gasteiger partial charge in [0.1, 0.15) is 5.82 Å². The maximum Gasteiger partial charge on any atom is 0.136 e. The molecule has 1 aliphatic carbocycles. The van der Waals surface area contributed by atoms with Crippen LogP contribution in [0.15, 0.2) is 40.8 Å². The van der Waals surface area contributed by atoms with Crippen LogP contribution in [0, 0.1) is 5.82 Å². The lowest BCUT2D eigenvalue weighted by molar-refractivity contribution is 0.597. The van der Waals surface area contributed by atoms with Crippen molar-refractivity contribution in [2.75, 3.05) is 12.8 Å². The molecule has 0 spiro atoms. The summed E-state index contributed by atoms with van der Waals surface area (Å²) >= 11 is 1.60. The quantitative estimate of drug-likeness (QED) is 0.638. The third kappa shape index (κ3) is 3.59. The summed E-state index contributed by atoms with van der Waals surface area (Å²) in [4.78, 5) is 0.745. The van der Waals surface area contributed by atoms with Crippen LogP contribution in [0.5, 0.6) is 0 Å². The van der Waals surface area contributed by atoms with Gasteiger partial charge in [0, 0.05) is 16.7 Å². The molecule has 0 aromatic heterocycles. The zero-order valence-electron chi connectivity index (χ0n) is 10.8. The predicted molar refractivity (Wildman–Crippen MR) is 76.5 cm³/mol. The highest BCUT2D eigenvalue weighted by atomic mass is 32.2. The van der Waals surface area contributed by atoms with E-state index in [9.17, 15) is 4.39 Å². The first-order chi connectivity index (χ1) is 8.81. The Balaban J connectivity index is 1.95. The normalized spacial score (nSPS) is 17.3. The summed E-state index contributed by atoms with van der Waals surface area (Å²) < 4.78 is 13.5. The van der Waals surface area contributed by atoms with Gasteiger partial charge in [-0.25, -0.2) is 4.39 Å². The van der Waals surface area contributed by atoms with Crippen molar-refractivity contribution in [1.29, 1.82) is 0 Å². The summed E-state index contributed by atoms with van der Waals surface area (Å²) in [6, 6.07) is 7.37. The van der Waals surface area contributed by atoms with Gasteiger partial charge in [0.05, 0.1) is 0 Å². The van der Waals surface area contributed by atoms with Gasteiger partial charge in [-0.05, 0) is 44.9 Å². The van der Waals surface area contributed by atoms with Crippen LogP contribution in [0.2, 0.25) is 0 Å². The van der Waals surface area contributed by atoms with Gasteiger partial charge in [-0.3, -0.25) is 0 Å². The van der Waals surface area contributed by atoms with Crippen LogP contribution >= 0.6 is 11.8 Å². The Labute approximate surface area is 113 Å². The highest BCUT2D eigenvalue weighted by molar-refractivity contribution is 7.99. The van der Waals surface area contributed by atoms with Crippen molar-refractivity contribution in [2.45, 2.75) is 36.6 Å². The summed E-state index contributed by atoms with van der Waals surface area (Å²) in [5.74, 6) is 0.776. The lowest BCUT2D eigenvalue weighted by Crippen LogP contribution is -2.30. The van der Waals surface area contributed by atoms with E-state index in [0.29, 0.717) is 6.04 Å². The molecule has 3 heteroatoms. The van der Waals surface area contributed by atoms with Gasteiger partial charge in [0.15, 0.2) is 0 Å². The lowest BCUT2D eigenvalue weighted by Gasteiger charge is -2.22. The number of hydrogen-bond acceptors (Lipinski definition) is 2. The molecule has 0 saturated heterocycles. The van der Waals surface area contributed by atoms with Crippen LogP contribution in [0.4, 0.5) is 4.39 Å². The topological polar surface area (TPSA) is 12.0 Å². The molecule has 1 nitrogen and oxygen atoms in total. The van der Waals surface area contributed by atoms with Crippen molar-refractivity contribution in [3.05, 3.63) is 41.7 Å². The van der Waals surface area contributed by atoms with Crippen LogP contribution in [-0.4, -0.2) is 18.8 Å². The van der Waals surface area contributed by atoms with Crippen molar-refractivity contribution in [3.63, 3.8) is 0 Å². The smallest absolute Gasteiger partial charge is 0.136 e. The highest BCUT2D eigenvalue weighted by Gasteiger charge is 2.15. The highest BCUT2D eigenvalue weighted by Crippen LogP contribution is 2.26. The van der Waals surface area contributed by atoms with Gasteiger partial charge in [-0.1, -0.05) is 23.8 Å². The maximum atomic E-state index is 13.5. The molecule has 1 N–H and O–H groups in total. The van der Waals surface area contributed by atoms with Gasteiger partial charge >= 0.3 is 0 Å². The molecule has 0 aliphatic heterocycles. The number of thioether (sulfide) groups is 1.